The van der Waals surface area contributed by atoms with Crippen LogP contribution in [0, 0.1) is 6.92 Å². The molecule has 5 heteroatoms. The summed E-state index contributed by atoms with van der Waals surface area (Å²) in [6.07, 6.45) is 1.57. The smallest absolute Gasteiger partial charge is 0.317 e. The Morgan fingerprint density at radius 3 is 2.61 bits per heavy atom. The molecule has 0 radical (unpaired) electrons. The molecule has 2 aromatic rings. The Hall–Kier alpha value is -2.04. The van der Waals surface area contributed by atoms with Gasteiger partial charge < -0.3 is 15.1 Å². The zero-order valence-corrected chi connectivity index (χ0v) is 11.0. The highest BCUT2D eigenvalue weighted by molar-refractivity contribution is 5.48. The van der Waals surface area contributed by atoms with Crippen molar-refractivity contribution in [3.63, 3.8) is 0 Å². The van der Waals surface area contributed by atoms with Crippen molar-refractivity contribution in [2.24, 2.45) is 0 Å². The second kappa shape index (κ2) is 5.08. The highest BCUT2D eigenvalue weighted by atomic mass is 16.4. The maximum absolute atomic E-state index is 5.88. The average Bonchev–Trinajstić information content (AvgIpc) is 2.79. The molecule has 2 rings (SSSR count). The molecule has 0 atom stereocenters. The van der Waals surface area contributed by atoms with E-state index in [1.807, 2.05) is 33.2 Å². The first-order chi connectivity index (χ1) is 8.56. The Kier molecular flexibility index (Phi) is 3.50. The summed E-state index contributed by atoms with van der Waals surface area (Å²) in [5.41, 5.74) is 8.99. The van der Waals surface area contributed by atoms with Crippen molar-refractivity contribution in [3.8, 4) is 0 Å². The van der Waals surface area contributed by atoms with Gasteiger partial charge in [0.2, 0.25) is 5.89 Å². The van der Waals surface area contributed by atoms with E-state index in [9.17, 15) is 0 Å². The van der Waals surface area contributed by atoms with Gasteiger partial charge in [0.05, 0.1) is 0 Å². The fourth-order valence-electron chi connectivity index (χ4n) is 1.62. The van der Waals surface area contributed by atoms with Gasteiger partial charge in [0.25, 0.3) is 0 Å². The Balaban J connectivity index is 2.00. The van der Waals surface area contributed by atoms with E-state index >= 15 is 0 Å². The Labute approximate surface area is 107 Å². The number of aryl methyl sites for hydroxylation is 3. The lowest BCUT2D eigenvalue weighted by atomic mass is 10.1. The van der Waals surface area contributed by atoms with Gasteiger partial charge in [0.15, 0.2) is 0 Å². The van der Waals surface area contributed by atoms with E-state index in [4.69, 9.17) is 10.2 Å². The fourth-order valence-corrected chi connectivity index (χ4v) is 1.62. The fraction of sp³-hybridized carbons (Fsp3) is 0.385. The summed E-state index contributed by atoms with van der Waals surface area (Å²) in [5, 5.41) is 7.95. The molecule has 0 spiro atoms. The molecular formula is C13H18N4O. The van der Waals surface area contributed by atoms with Crippen molar-refractivity contribution < 1.29 is 4.42 Å². The largest absolute Gasteiger partial charge is 0.408 e. The topological polar surface area (TPSA) is 68.2 Å². The van der Waals surface area contributed by atoms with Gasteiger partial charge in [-0.25, -0.2) is 0 Å². The number of hydrogen-bond donors (Lipinski definition) is 1. The van der Waals surface area contributed by atoms with Crippen LogP contribution < -0.4 is 10.6 Å². The number of nitrogen functional groups attached to an aromatic ring is 1. The van der Waals surface area contributed by atoms with Crippen LogP contribution in [0.15, 0.2) is 22.6 Å². The number of anilines is 2. The van der Waals surface area contributed by atoms with E-state index in [1.165, 1.54) is 5.56 Å². The minimum absolute atomic E-state index is 0.536. The number of rotatable bonds is 4. The number of aromatic nitrogens is 2. The van der Waals surface area contributed by atoms with E-state index in [0.29, 0.717) is 11.9 Å². The van der Waals surface area contributed by atoms with Gasteiger partial charge in [-0.3, -0.25) is 0 Å². The summed E-state index contributed by atoms with van der Waals surface area (Å²) in [6.45, 7) is 2.00. The van der Waals surface area contributed by atoms with Crippen LogP contribution in [-0.2, 0) is 12.8 Å². The third-order valence-corrected chi connectivity index (χ3v) is 2.81. The summed E-state index contributed by atoms with van der Waals surface area (Å²) in [7, 11) is 3.75. The number of benzene rings is 1. The zero-order chi connectivity index (χ0) is 13.1. The molecule has 0 aliphatic rings. The predicted molar refractivity (Wildman–Crippen MR) is 71.6 cm³/mol. The quantitative estimate of drug-likeness (QED) is 0.833. The maximum atomic E-state index is 5.88. The van der Waals surface area contributed by atoms with E-state index in [2.05, 4.69) is 16.3 Å². The van der Waals surface area contributed by atoms with Gasteiger partial charge in [-0.15, -0.1) is 5.10 Å². The summed E-state index contributed by atoms with van der Waals surface area (Å²) < 4.78 is 5.49. The van der Waals surface area contributed by atoms with Crippen LogP contribution in [0.5, 0.6) is 0 Å². The standard InChI is InChI=1S/C13H18N4O/c1-9-4-5-10(8-11(9)14)6-7-12-15-16-13(18-12)17(2)3/h4-5,8H,6-7,14H2,1-3H3. The first kappa shape index (κ1) is 12.4. The van der Waals surface area contributed by atoms with Crippen LogP contribution >= 0.6 is 0 Å². The third kappa shape index (κ3) is 2.80. The molecule has 18 heavy (non-hydrogen) atoms. The van der Waals surface area contributed by atoms with Gasteiger partial charge in [-0.1, -0.05) is 17.2 Å². The number of nitrogens with zero attached hydrogens (tertiary/aromatic N) is 3. The van der Waals surface area contributed by atoms with Crippen molar-refractivity contribution >= 4 is 11.7 Å². The molecule has 0 fully saturated rings. The van der Waals surface area contributed by atoms with Crippen molar-refractivity contribution in [3.05, 3.63) is 35.2 Å². The van der Waals surface area contributed by atoms with Crippen LogP contribution in [-0.4, -0.2) is 24.3 Å². The molecule has 5 nitrogen and oxygen atoms in total. The molecule has 1 aromatic heterocycles. The number of hydrogen-bond acceptors (Lipinski definition) is 5. The van der Waals surface area contributed by atoms with Crippen molar-refractivity contribution in [1.82, 2.24) is 10.2 Å². The average molecular weight is 246 g/mol. The van der Waals surface area contributed by atoms with Crippen LogP contribution in [0.4, 0.5) is 11.7 Å². The monoisotopic (exact) mass is 246 g/mol. The van der Waals surface area contributed by atoms with E-state index in [0.717, 1.165) is 24.1 Å². The van der Waals surface area contributed by atoms with Gasteiger partial charge in [-0.2, -0.15) is 0 Å². The van der Waals surface area contributed by atoms with E-state index in [-0.39, 0.29) is 0 Å². The Bertz CT molecular complexity index is 534. The van der Waals surface area contributed by atoms with Gasteiger partial charge in [0.1, 0.15) is 0 Å². The lowest BCUT2D eigenvalue weighted by Gasteiger charge is -2.04. The number of nitrogens with two attached hydrogens (primary N) is 1. The van der Waals surface area contributed by atoms with Gasteiger partial charge in [-0.05, 0) is 30.5 Å². The summed E-state index contributed by atoms with van der Waals surface area (Å²) in [6, 6.07) is 6.64. The molecule has 0 saturated heterocycles. The van der Waals surface area contributed by atoms with Crippen molar-refractivity contribution in [2.45, 2.75) is 19.8 Å². The van der Waals surface area contributed by atoms with Gasteiger partial charge in [0, 0.05) is 26.2 Å². The minimum Gasteiger partial charge on any atom is -0.408 e. The second-order valence-electron chi connectivity index (χ2n) is 4.56. The molecule has 1 heterocycles. The molecule has 0 aliphatic carbocycles. The molecule has 0 aliphatic heterocycles. The zero-order valence-electron chi connectivity index (χ0n) is 11.0. The van der Waals surface area contributed by atoms with E-state index in [1.54, 1.807) is 4.90 Å². The highest BCUT2D eigenvalue weighted by Gasteiger charge is 2.07. The van der Waals surface area contributed by atoms with Crippen molar-refractivity contribution in [1.29, 1.82) is 0 Å². The molecule has 2 N–H and O–H groups in total. The molecule has 96 valence electrons. The predicted octanol–water partition coefficient (Wildman–Crippen LogP) is 1.81. The normalized spacial score (nSPS) is 10.6. The Morgan fingerprint density at radius 1 is 1.22 bits per heavy atom. The maximum Gasteiger partial charge on any atom is 0.317 e. The summed E-state index contributed by atoms with van der Waals surface area (Å²) in [4.78, 5) is 1.79. The molecule has 0 amide bonds. The van der Waals surface area contributed by atoms with E-state index < -0.39 is 0 Å². The van der Waals surface area contributed by atoms with Gasteiger partial charge >= 0.3 is 6.01 Å². The lowest BCUT2D eigenvalue weighted by molar-refractivity contribution is 0.494. The lowest BCUT2D eigenvalue weighted by Crippen LogP contribution is -2.08. The summed E-state index contributed by atoms with van der Waals surface area (Å²) in [5.74, 6) is 0.651. The molecule has 1 aromatic carbocycles. The molecular weight excluding hydrogens is 228 g/mol. The van der Waals surface area contributed by atoms with Crippen molar-refractivity contribution in [2.75, 3.05) is 24.7 Å². The van der Waals surface area contributed by atoms with Crippen LogP contribution in [0.25, 0.3) is 0 Å². The molecule has 0 saturated carbocycles. The minimum atomic E-state index is 0.536. The summed E-state index contributed by atoms with van der Waals surface area (Å²) >= 11 is 0. The first-order valence-corrected chi connectivity index (χ1v) is 5.91. The molecule has 0 bridgehead atoms. The van der Waals surface area contributed by atoms with Crippen LogP contribution in [0.2, 0.25) is 0 Å². The SMILES string of the molecule is Cc1ccc(CCc2nnc(N(C)C)o2)cc1N. The highest BCUT2D eigenvalue weighted by Crippen LogP contribution is 2.15. The first-order valence-electron chi connectivity index (χ1n) is 5.91. The van der Waals surface area contributed by atoms with Crippen LogP contribution in [0.3, 0.4) is 0 Å². The second-order valence-corrected chi connectivity index (χ2v) is 4.56. The Morgan fingerprint density at radius 2 is 2.00 bits per heavy atom. The molecule has 0 unspecified atom stereocenters. The third-order valence-electron chi connectivity index (χ3n) is 2.81. The van der Waals surface area contributed by atoms with Crippen LogP contribution in [0.1, 0.15) is 17.0 Å².